The van der Waals surface area contributed by atoms with Crippen LogP contribution in [0.25, 0.3) is 0 Å². The maximum atomic E-state index is 11.6. The van der Waals surface area contributed by atoms with Gasteiger partial charge in [-0.05, 0) is 32.8 Å². The summed E-state index contributed by atoms with van der Waals surface area (Å²) in [7, 11) is 1.35. The summed E-state index contributed by atoms with van der Waals surface area (Å²) < 4.78 is 4.72. The van der Waals surface area contributed by atoms with Crippen molar-refractivity contribution in [3.05, 3.63) is 17.8 Å². The maximum Gasteiger partial charge on any atom is 0.340 e. The molecule has 18 heavy (non-hydrogen) atoms. The minimum absolute atomic E-state index is 0.0237. The Morgan fingerprint density at radius 1 is 1.56 bits per heavy atom. The zero-order valence-electron chi connectivity index (χ0n) is 11.1. The standard InChI is InChI=1S/C13H19N3O2/c1-13(2)6-4-8-16(13)11-10(14)9(5-7-15-11)12(17)18-3/h5,7H,4,6,8,14H2,1-3H3. The molecular weight excluding hydrogens is 230 g/mol. The number of hydrogen-bond donors (Lipinski definition) is 1. The number of nitrogen functional groups attached to an aromatic ring is 1. The normalized spacial score (nSPS) is 17.8. The summed E-state index contributed by atoms with van der Waals surface area (Å²) >= 11 is 0. The van der Waals surface area contributed by atoms with Crippen LogP contribution in [0.15, 0.2) is 12.3 Å². The molecule has 0 saturated carbocycles. The number of aromatic nitrogens is 1. The van der Waals surface area contributed by atoms with Crippen LogP contribution in [0.1, 0.15) is 37.0 Å². The number of pyridine rings is 1. The quantitative estimate of drug-likeness (QED) is 0.810. The molecule has 1 aromatic heterocycles. The molecule has 0 bridgehead atoms. The van der Waals surface area contributed by atoms with E-state index >= 15 is 0 Å². The van der Waals surface area contributed by atoms with Crippen molar-refractivity contribution in [1.29, 1.82) is 0 Å². The highest BCUT2D eigenvalue weighted by molar-refractivity contribution is 5.97. The Labute approximate surface area is 107 Å². The molecule has 2 rings (SSSR count). The van der Waals surface area contributed by atoms with Crippen LogP contribution in [0, 0.1) is 0 Å². The van der Waals surface area contributed by atoms with Gasteiger partial charge >= 0.3 is 5.97 Å². The van der Waals surface area contributed by atoms with E-state index in [4.69, 9.17) is 10.5 Å². The summed E-state index contributed by atoms with van der Waals surface area (Å²) in [6, 6.07) is 1.59. The minimum atomic E-state index is -0.423. The molecule has 0 radical (unpaired) electrons. The van der Waals surface area contributed by atoms with Crippen molar-refractivity contribution in [3.63, 3.8) is 0 Å². The third-order valence-electron chi connectivity index (χ3n) is 3.53. The number of nitrogens with two attached hydrogens (primary N) is 1. The Kier molecular flexibility index (Phi) is 3.15. The molecule has 1 saturated heterocycles. The molecule has 5 heteroatoms. The summed E-state index contributed by atoms with van der Waals surface area (Å²) in [5, 5.41) is 0. The van der Waals surface area contributed by atoms with Crippen molar-refractivity contribution < 1.29 is 9.53 Å². The number of esters is 1. The molecule has 98 valence electrons. The van der Waals surface area contributed by atoms with Gasteiger partial charge in [0.25, 0.3) is 0 Å². The first-order valence-corrected chi connectivity index (χ1v) is 6.08. The predicted octanol–water partition coefficient (Wildman–Crippen LogP) is 1.83. The molecule has 5 nitrogen and oxygen atoms in total. The zero-order chi connectivity index (χ0) is 13.3. The van der Waals surface area contributed by atoms with Gasteiger partial charge in [-0.25, -0.2) is 9.78 Å². The molecule has 0 spiro atoms. The lowest BCUT2D eigenvalue weighted by atomic mass is 10.0. The summed E-state index contributed by atoms with van der Waals surface area (Å²) in [6.07, 6.45) is 3.81. The lowest BCUT2D eigenvalue weighted by Crippen LogP contribution is -2.39. The van der Waals surface area contributed by atoms with Gasteiger partial charge in [0.15, 0.2) is 5.82 Å². The molecule has 0 atom stereocenters. The molecule has 1 fully saturated rings. The van der Waals surface area contributed by atoms with Gasteiger partial charge in [0, 0.05) is 18.3 Å². The van der Waals surface area contributed by atoms with E-state index in [-0.39, 0.29) is 5.54 Å². The smallest absolute Gasteiger partial charge is 0.340 e. The van der Waals surface area contributed by atoms with Crippen molar-refractivity contribution in [2.24, 2.45) is 0 Å². The van der Waals surface area contributed by atoms with E-state index in [2.05, 4.69) is 23.7 Å². The number of rotatable bonds is 2. The maximum absolute atomic E-state index is 11.6. The summed E-state index contributed by atoms with van der Waals surface area (Å²) in [6.45, 7) is 5.23. The highest BCUT2D eigenvalue weighted by Crippen LogP contribution is 2.36. The molecule has 0 aliphatic carbocycles. The number of carbonyl (C=O) groups excluding carboxylic acids is 1. The topological polar surface area (TPSA) is 68.5 Å². The zero-order valence-corrected chi connectivity index (χ0v) is 11.1. The van der Waals surface area contributed by atoms with E-state index < -0.39 is 5.97 Å². The van der Waals surface area contributed by atoms with E-state index in [9.17, 15) is 4.79 Å². The van der Waals surface area contributed by atoms with Gasteiger partial charge < -0.3 is 15.4 Å². The highest BCUT2D eigenvalue weighted by atomic mass is 16.5. The Morgan fingerprint density at radius 3 is 2.83 bits per heavy atom. The number of anilines is 2. The van der Waals surface area contributed by atoms with Gasteiger partial charge in [0.1, 0.15) is 0 Å². The fourth-order valence-corrected chi connectivity index (χ4v) is 2.47. The Morgan fingerprint density at radius 2 is 2.28 bits per heavy atom. The van der Waals surface area contributed by atoms with Crippen LogP contribution in [0.5, 0.6) is 0 Å². The first kappa shape index (κ1) is 12.7. The third-order valence-corrected chi connectivity index (χ3v) is 3.53. The number of hydrogen-bond acceptors (Lipinski definition) is 5. The minimum Gasteiger partial charge on any atom is -0.465 e. The molecule has 1 aliphatic rings. The number of methoxy groups -OCH3 is 1. The van der Waals surface area contributed by atoms with Crippen LogP contribution in [0.3, 0.4) is 0 Å². The first-order valence-electron chi connectivity index (χ1n) is 6.08. The van der Waals surface area contributed by atoms with Crippen LogP contribution >= 0.6 is 0 Å². The number of nitrogens with zero attached hydrogens (tertiary/aromatic N) is 2. The molecule has 1 aromatic rings. The van der Waals surface area contributed by atoms with Crippen LogP contribution in [0.2, 0.25) is 0 Å². The fourth-order valence-electron chi connectivity index (χ4n) is 2.47. The van der Waals surface area contributed by atoms with E-state index in [1.807, 2.05) is 0 Å². The summed E-state index contributed by atoms with van der Waals surface area (Å²) in [4.78, 5) is 18.1. The van der Waals surface area contributed by atoms with Gasteiger partial charge in [-0.15, -0.1) is 0 Å². The predicted molar refractivity (Wildman–Crippen MR) is 70.6 cm³/mol. The van der Waals surface area contributed by atoms with Crippen LogP contribution in [-0.2, 0) is 4.74 Å². The lowest BCUT2D eigenvalue weighted by molar-refractivity contribution is 0.0602. The largest absolute Gasteiger partial charge is 0.465 e. The second-order valence-electron chi connectivity index (χ2n) is 5.16. The van der Waals surface area contributed by atoms with Gasteiger partial charge in [0.05, 0.1) is 18.4 Å². The third kappa shape index (κ3) is 2.00. The van der Waals surface area contributed by atoms with Gasteiger partial charge in [0.2, 0.25) is 0 Å². The molecule has 2 heterocycles. The van der Waals surface area contributed by atoms with E-state index in [0.29, 0.717) is 17.1 Å². The monoisotopic (exact) mass is 249 g/mol. The van der Waals surface area contributed by atoms with Gasteiger partial charge in [-0.2, -0.15) is 0 Å². The lowest BCUT2D eigenvalue weighted by Gasteiger charge is -2.33. The second kappa shape index (κ2) is 4.48. The average molecular weight is 249 g/mol. The average Bonchev–Trinajstić information content (AvgIpc) is 2.68. The van der Waals surface area contributed by atoms with Crippen molar-refractivity contribution in [3.8, 4) is 0 Å². The molecule has 0 aromatic carbocycles. The Bertz CT molecular complexity index is 471. The Balaban J connectivity index is 2.43. The van der Waals surface area contributed by atoms with Crippen molar-refractivity contribution in [1.82, 2.24) is 4.98 Å². The highest BCUT2D eigenvalue weighted by Gasteiger charge is 2.34. The molecule has 1 aliphatic heterocycles. The van der Waals surface area contributed by atoms with Crippen molar-refractivity contribution in [2.75, 3.05) is 24.3 Å². The Hall–Kier alpha value is -1.78. The van der Waals surface area contributed by atoms with Crippen molar-refractivity contribution in [2.45, 2.75) is 32.2 Å². The van der Waals surface area contributed by atoms with Crippen LogP contribution in [0.4, 0.5) is 11.5 Å². The van der Waals surface area contributed by atoms with E-state index in [1.54, 1.807) is 12.3 Å². The molecule has 0 amide bonds. The molecule has 0 unspecified atom stereocenters. The number of ether oxygens (including phenoxy) is 1. The van der Waals surface area contributed by atoms with Gasteiger partial charge in [-0.1, -0.05) is 0 Å². The first-order chi connectivity index (χ1) is 8.47. The SMILES string of the molecule is COC(=O)c1ccnc(N2CCCC2(C)C)c1N. The van der Waals surface area contributed by atoms with Gasteiger partial charge in [-0.3, -0.25) is 0 Å². The summed E-state index contributed by atoms with van der Waals surface area (Å²) in [5.74, 6) is 0.258. The second-order valence-corrected chi connectivity index (χ2v) is 5.16. The van der Waals surface area contributed by atoms with E-state index in [1.165, 1.54) is 7.11 Å². The van der Waals surface area contributed by atoms with Crippen LogP contribution < -0.4 is 10.6 Å². The number of carbonyl (C=O) groups is 1. The molecular formula is C13H19N3O2. The molecule has 2 N–H and O–H groups in total. The summed E-state index contributed by atoms with van der Waals surface area (Å²) in [5.41, 5.74) is 6.86. The van der Waals surface area contributed by atoms with E-state index in [0.717, 1.165) is 19.4 Å². The van der Waals surface area contributed by atoms with Crippen LogP contribution in [-0.4, -0.2) is 30.1 Å². The van der Waals surface area contributed by atoms with Crippen molar-refractivity contribution >= 4 is 17.5 Å². The fraction of sp³-hybridized carbons (Fsp3) is 0.538.